The summed E-state index contributed by atoms with van der Waals surface area (Å²) in [6.07, 6.45) is 0.858. The lowest BCUT2D eigenvalue weighted by atomic mass is 9.90. The Morgan fingerprint density at radius 2 is 0.870 bits per heavy atom. The molecular weight excluding hydrogens is 568 g/mol. The van der Waals surface area contributed by atoms with Gasteiger partial charge in [-0.25, -0.2) is 0 Å². The van der Waals surface area contributed by atoms with E-state index in [2.05, 4.69) is 69.2 Å². The molecule has 0 aliphatic heterocycles. The molecule has 0 fully saturated rings. The topological polar surface area (TPSA) is 55.8 Å². The summed E-state index contributed by atoms with van der Waals surface area (Å²) in [6.45, 7) is 26.7. The smallest absolute Gasteiger partial charge is 0.162 e. The molecule has 0 spiro atoms. The van der Waals surface area contributed by atoms with E-state index in [0.29, 0.717) is 19.6 Å². The highest BCUT2D eigenvalue weighted by Crippen LogP contribution is 2.29. The van der Waals surface area contributed by atoms with Gasteiger partial charge in [0.05, 0.1) is 6.10 Å². The molecule has 1 unspecified atom stereocenters. The highest BCUT2D eigenvalue weighted by molar-refractivity contribution is 5.95. The molecule has 0 aliphatic carbocycles. The van der Waals surface area contributed by atoms with E-state index in [1.165, 1.54) is 66.8 Å². The largest absolute Gasteiger partial charge is 0.489 e. The van der Waals surface area contributed by atoms with Gasteiger partial charge in [-0.15, -0.1) is 0 Å². The van der Waals surface area contributed by atoms with Gasteiger partial charge in [0.1, 0.15) is 24.7 Å². The average Bonchev–Trinajstić information content (AvgIpc) is 3.08. The molecule has 1 N–H and O–H groups in total. The second-order valence-electron chi connectivity index (χ2n) is 12.6. The van der Waals surface area contributed by atoms with Crippen LogP contribution in [0.3, 0.4) is 0 Å². The third-order valence-corrected chi connectivity index (χ3v) is 10.2. The maximum absolute atomic E-state index is 11.7. The summed E-state index contributed by atoms with van der Waals surface area (Å²) < 4.78 is 12.0. The number of rotatable bonds is 10. The number of benzene rings is 4. The number of carbonyl (C=O) groups is 1. The summed E-state index contributed by atoms with van der Waals surface area (Å²) in [5.41, 5.74) is 17.6. The molecule has 4 nitrogen and oxygen atoms in total. The van der Waals surface area contributed by atoms with Gasteiger partial charge in [-0.1, -0.05) is 26.0 Å². The molecule has 0 bridgehead atoms. The van der Waals surface area contributed by atoms with Crippen LogP contribution in [0.15, 0.2) is 48.5 Å². The molecule has 4 aromatic carbocycles. The van der Waals surface area contributed by atoms with Crippen molar-refractivity contribution in [1.82, 2.24) is 0 Å². The molecule has 0 aromatic heterocycles. The number of ether oxygens (including phenoxy) is 2. The number of aliphatic hydroxyl groups is 1. The fraction of sp³-hybridized carbons (Fsp3) is 0.405. The molecule has 46 heavy (non-hydrogen) atoms. The standard InChI is InChI=1S/C21H28O2.C21H26O2/c2*1-7-21(22)18-8-10-19(11-9-18)23-12-20-16(5)14(3)13(2)15(4)17(20)6/h8-11,21-22H,7,12H2,1-6H3;8-11H,7,12H2,1-6H3. The zero-order valence-electron chi connectivity index (χ0n) is 30.2. The molecule has 0 saturated carbocycles. The van der Waals surface area contributed by atoms with E-state index in [9.17, 15) is 9.90 Å². The predicted octanol–water partition coefficient (Wildman–Crippen LogP) is 10.7. The van der Waals surface area contributed by atoms with E-state index < -0.39 is 6.10 Å². The molecule has 4 rings (SSSR count). The van der Waals surface area contributed by atoms with Gasteiger partial charge < -0.3 is 14.6 Å². The first-order chi connectivity index (χ1) is 21.7. The summed E-state index contributed by atoms with van der Waals surface area (Å²) >= 11 is 0. The van der Waals surface area contributed by atoms with Crippen LogP contribution in [0.25, 0.3) is 0 Å². The van der Waals surface area contributed by atoms with Crippen molar-refractivity contribution >= 4 is 5.78 Å². The molecule has 4 heteroatoms. The van der Waals surface area contributed by atoms with E-state index >= 15 is 0 Å². The summed E-state index contributed by atoms with van der Waals surface area (Å²) in [4.78, 5) is 11.7. The van der Waals surface area contributed by atoms with E-state index in [1.54, 1.807) is 0 Å². The second kappa shape index (κ2) is 16.1. The molecule has 0 amide bonds. The van der Waals surface area contributed by atoms with Crippen molar-refractivity contribution < 1.29 is 19.4 Å². The Morgan fingerprint density at radius 1 is 0.543 bits per heavy atom. The summed E-state index contributed by atoms with van der Waals surface area (Å²) in [7, 11) is 0. The SMILES string of the molecule is CCC(=O)c1ccc(OCc2c(C)c(C)c(C)c(C)c2C)cc1.CCC(O)c1ccc(OCc2c(C)c(C)c(C)c(C)c2C)cc1. The van der Waals surface area contributed by atoms with Crippen molar-refractivity contribution in [1.29, 1.82) is 0 Å². The van der Waals surface area contributed by atoms with E-state index in [0.717, 1.165) is 29.0 Å². The minimum Gasteiger partial charge on any atom is -0.489 e. The molecule has 4 aromatic rings. The average molecular weight is 623 g/mol. The van der Waals surface area contributed by atoms with Crippen LogP contribution in [0.4, 0.5) is 0 Å². The highest BCUT2D eigenvalue weighted by Gasteiger charge is 2.14. The van der Waals surface area contributed by atoms with Crippen LogP contribution in [0, 0.1) is 69.2 Å². The third kappa shape index (κ3) is 8.27. The Kier molecular flexibility index (Phi) is 12.8. The first-order valence-corrected chi connectivity index (χ1v) is 16.5. The molecule has 0 heterocycles. The maximum Gasteiger partial charge on any atom is 0.162 e. The summed E-state index contributed by atoms with van der Waals surface area (Å²) in [5.74, 6) is 1.80. The lowest BCUT2D eigenvalue weighted by Crippen LogP contribution is -2.06. The van der Waals surface area contributed by atoms with Gasteiger partial charge >= 0.3 is 0 Å². The monoisotopic (exact) mass is 622 g/mol. The Hall–Kier alpha value is -3.89. The van der Waals surface area contributed by atoms with Gasteiger partial charge in [-0.2, -0.15) is 0 Å². The van der Waals surface area contributed by atoms with Crippen molar-refractivity contribution in [2.45, 2.75) is 115 Å². The number of Topliss-reactive ketones (excluding diaryl/α,β-unsaturated/α-hetero) is 1. The maximum atomic E-state index is 11.7. The zero-order valence-corrected chi connectivity index (χ0v) is 30.2. The molecule has 0 saturated heterocycles. The van der Waals surface area contributed by atoms with Crippen LogP contribution >= 0.6 is 0 Å². The first-order valence-electron chi connectivity index (χ1n) is 16.5. The number of carbonyl (C=O) groups excluding carboxylic acids is 1. The zero-order chi connectivity index (χ0) is 34.3. The van der Waals surface area contributed by atoms with Gasteiger partial charge in [-0.05, 0) is 184 Å². The Balaban J connectivity index is 0.000000250. The van der Waals surface area contributed by atoms with Crippen LogP contribution in [-0.2, 0) is 13.2 Å². The Bertz CT molecular complexity index is 1600. The lowest BCUT2D eigenvalue weighted by Gasteiger charge is -2.19. The Morgan fingerprint density at radius 3 is 1.20 bits per heavy atom. The van der Waals surface area contributed by atoms with Crippen LogP contribution < -0.4 is 9.47 Å². The van der Waals surface area contributed by atoms with Crippen LogP contribution in [0.2, 0.25) is 0 Å². The number of hydrogen-bond donors (Lipinski definition) is 1. The van der Waals surface area contributed by atoms with Crippen molar-refractivity contribution in [2.24, 2.45) is 0 Å². The number of ketones is 1. The van der Waals surface area contributed by atoms with E-state index in [1.807, 2.05) is 62.4 Å². The third-order valence-electron chi connectivity index (χ3n) is 10.2. The van der Waals surface area contributed by atoms with E-state index in [4.69, 9.17) is 9.47 Å². The molecule has 0 aliphatic rings. The van der Waals surface area contributed by atoms with Gasteiger partial charge in [0.2, 0.25) is 0 Å². The van der Waals surface area contributed by atoms with Gasteiger partial charge in [-0.3, -0.25) is 4.79 Å². The minimum absolute atomic E-state index is 0.160. The van der Waals surface area contributed by atoms with Gasteiger partial charge in [0.15, 0.2) is 5.78 Å². The number of hydrogen-bond acceptors (Lipinski definition) is 4. The first kappa shape index (κ1) is 36.6. The summed E-state index contributed by atoms with van der Waals surface area (Å²) in [5, 5.41) is 9.85. The predicted molar refractivity (Wildman–Crippen MR) is 192 cm³/mol. The van der Waals surface area contributed by atoms with Crippen LogP contribution in [0.5, 0.6) is 11.5 Å². The van der Waals surface area contributed by atoms with Crippen molar-refractivity contribution in [3.63, 3.8) is 0 Å². The van der Waals surface area contributed by atoms with Crippen molar-refractivity contribution in [2.75, 3.05) is 0 Å². The number of aliphatic hydroxyl groups excluding tert-OH is 1. The van der Waals surface area contributed by atoms with Crippen molar-refractivity contribution in [3.05, 3.63) is 126 Å². The molecule has 246 valence electrons. The highest BCUT2D eigenvalue weighted by atomic mass is 16.5. The molecule has 0 radical (unpaired) electrons. The minimum atomic E-state index is -0.393. The fourth-order valence-corrected chi connectivity index (χ4v) is 5.86. The Labute approximate surface area is 277 Å². The molecular formula is C42H54O4. The van der Waals surface area contributed by atoms with Gasteiger partial charge in [0.25, 0.3) is 0 Å². The van der Waals surface area contributed by atoms with Crippen LogP contribution in [0.1, 0.15) is 115 Å². The normalized spacial score (nSPS) is 11.5. The second-order valence-corrected chi connectivity index (χ2v) is 12.6. The van der Waals surface area contributed by atoms with E-state index in [-0.39, 0.29) is 5.78 Å². The lowest BCUT2D eigenvalue weighted by molar-refractivity contribution is 0.0988. The van der Waals surface area contributed by atoms with Crippen molar-refractivity contribution in [3.8, 4) is 11.5 Å². The van der Waals surface area contributed by atoms with Crippen LogP contribution in [-0.4, -0.2) is 10.9 Å². The summed E-state index contributed by atoms with van der Waals surface area (Å²) in [6, 6.07) is 15.2. The molecule has 1 atom stereocenters. The quantitative estimate of drug-likeness (QED) is 0.179. The fourth-order valence-electron chi connectivity index (χ4n) is 5.86. The van der Waals surface area contributed by atoms with Gasteiger partial charge in [0, 0.05) is 12.0 Å².